The Kier molecular flexibility index (Phi) is 19.6. The molecule has 3 N–H and O–H groups in total. The van der Waals surface area contributed by atoms with Crippen molar-refractivity contribution in [3.63, 3.8) is 0 Å². The maximum atomic E-state index is 13.4. The van der Waals surface area contributed by atoms with Gasteiger partial charge >= 0.3 is 0 Å². The van der Waals surface area contributed by atoms with E-state index >= 15 is 0 Å². The van der Waals surface area contributed by atoms with Gasteiger partial charge in [0.25, 0.3) is 0 Å². The fraction of sp³-hybridized carbons (Fsp3) is 0.462. The number of allylic oxidation sites excluding steroid dienone is 3. The number of hydrazine groups is 1. The summed E-state index contributed by atoms with van der Waals surface area (Å²) >= 11 is 0. The van der Waals surface area contributed by atoms with Crippen LogP contribution in [0.15, 0.2) is 73.5 Å². The number of carbonyl (C=O) groups is 2. The SMILES string of the molecule is C=CCCN(CN(CCCOCC)C(=O)/C=C/C(=O)CC)N/C=C/C(O)NC/C(=C/C=C/F)C(=C)F. The number of hydrogen-bond acceptors (Lipinski definition) is 7. The molecular formula is C26H40F2N4O4. The molecule has 10 heteroatoms. The molecule has 1 unspecified atom stereocenters. The Labute approximate surface area is 213 Å². The highest BCUT2D eigenvalue weighted by atomic mass is 19.1. The summed E-state index contributed by atoms with van der Waals surface area (Å²) in [5.74, 6) is -1.19. The number of rotatable bonds is 21. The van der Waals surface area contributed by atoms with Crippen LogP contribution in [0.25, 0.3) is 0 Å². The van der Waals surface area contributed by atoms with Gasteiger partial charge in [-0.3, -0.25) is 14.9 Å². The quantitative estimate of drug-likeness (QED) is 0.0544. The Morgan fingerprint density at radius 3 is 2.58 bits per heavy atom. The predicted molar refractivity (Wildman–Crippen MR) is 139 cm³/mol. The van der Waals surface area contributed by atoms with E-state index in [-0.39, 0.29) is 36.8 Å². The molecule has 0 aliphatic heterocycles. The molecule has 0 aromatic carbocycles. The number of nitrogens with zero attached hydrogens (tertiary/aromatic N) is 2. The van der Waals surface area contributed by atoms with Crippen LogP contribution in [0.4, 0.5) is 8.78 Å². The van der Waals surface area contributed by atoms with Crippen molar-refractivity contribution in [1.29, 1.82) is 0 Å². The van der Waals surface area contributed by atoms with Crippen LogP contribution in [0.5, 0.6) is 0 Å². The number of carbonyl (C=O) groups excluding carboxylic acids is 2. The van der Waals surface area contributed by atoms with Crippen LogP contribution in [0, 0.1) is 0 Å². The number of aliphatic hydroxyl groups is 1. The van der Waals surface area contributed by atoms with E-state index in [2.05, 4.69) is 23.9 Å². The van der Waals surface area contributed by atoms with E-state index in [1.54, 1.807) is 22.9 Å². The lowest BCUT2D eigenvalue weighted by Gasteiger charge is -2.30. The second-order valence-electron chi connectivity index (χ2n) is 7.52. The molecule has 1 amide bonds. The van der Waals surface area contributed by atoms with E-state index in [1.165, 1.54) is 30.5 Å². The molecule has 36 heavy (non-hydrogen) atoms. The van der Waals surface area contributed by atoms with Crippen molar-refractivity contribution in [2.24, 2.45) is 0 Å². The van der Waals surface area contributed by atoms with Crippen LogP contribution < -0.4 is 10.7 Å². The van der Waals surface area contributed by atoms with Crippen molar-refractivity contribution in [3.8, 4) is 0 Å². The first-order valence-corrected chi connectivity index (χ1v) is 11.9. The van der Waals surface area contributed by atoms with Crippen LogP contribution in [0.3, 0.4) is 0 Å². The minimum absolute atomic E-state index is 0.0731. The van der Waals surface area contributed by atoms with Crippen LogP contribution >= 0.6 is 0 Å². The van der Waals surface area contributed by atoms with Gasteiger partial charge in [0.15, 0.2) is 5.78 Å². The van der Waals surface area contributed by atoms with Gasteiger partial charge in [0, 0.05) is 57.1 Å². The molecule has 0 rings (SSSR count). The molecule has 0 radical (unpaired) electrons. The fourth-order valence-corrected chi connectivity index (χ4v) is 2.69. The largest absolute Gasteiger partial charge is 0.382 e. The molecule has 8 nitrogen and oxygen atoms in total. The third kappa shape index (κ3) is 16.7. The number of ether oxygens (including phenoxy) is 1. The van der Waals surface area contributed by atoms with Gasteiger partial charge in [-0.05, 0) is 38.0 Å². The maximum Gasteiger partial charge on any atom is 0.247 e. The maximum absolute atomic E-state index is 13.4. The second-order valence-corrected chi connectivity index (χ2v) is 7.52. The fourth-order valence-electron chi connectivity index (χ4n) is 2.69. The third-order valence-corrected chi connectivity index (χ3v) is 4.69. The first kappa shape index (κ1) is 33.1. The Morgan fingerprint density at radius 1 is 1.22 bits per heavy atom. The van der Waals surface area contributed by atoms with Crippen LogP contribution in [-0.2, 0) is 14.3 Å². The second kappa shape index (κ2) is 21.4. The monoisotopic (exact) mass is 510 g/mol. The molecular weight excluding hydrogens is 470 g/mol. The predicted octanol–water partition coefficient (Wildman–Crippen LogP) is 3.43. The Morgan fingerprint density at radius 2 is 1.97 bits per heavy atom. The molecule has 0 aromatic heterocycles. The van der Waals surface area contributed by atoms with Crippen molar-refractivity contribution in [1.82, 2.24) is 20.7 Å². The lowest BCUT2D eigenvalue weighted by molar-refractivity contribution is -0.129. The molecule has 0 heterocycles. The van der Waals surface area contributed by atoms with E-state index in [4.69, 9.17) is 4.74 Å². The van der Waals surface area contributed by atoms with Gasteiger partial charge in [-0.1, -0.05) is 25.7 Å². The van der Waals surface area contributed by atoms with E-state index in [0.717, 1.165) is 6.08 Å². The summed E-state index contributed by atoms with van der Waals surface area (Å²) in [6.45, 7) is 12.6. The van der Waals surface area contributed by atoms with E-state index < -0.39 is 12.1 Å². The minimum Gasteiger partial charge on any atom is -0.382 e. The Bertz CT molecular complexity index is 797. The zero-order valence-corrected chi connectivity index (χ0v) is 21.3. The molecule has 0 aliphatic rings. The average Bonchev–Trinajstić information content (AvgIpc) is 2.86. The lowest BCUT2D eigenvalue weighted by atomic mass is 10.2. The highest BCUT2D eigenvalue weighted by Gasteiger charge is 2.15. The van der Waals surface area contributed by atoms with Crippen molar-refractivity contribution >= 4 is 11.7 Å². The van der Waals surface area contributed by atoms with Crippen molar-refractivity contribution in [3.05, 3.63) is 73.5 Å². The smallest absolute Gasteiger partial charge is 0.247 e. The molecule has 0 fully saturated rings. The van der Waals surface area contributed by atoms with Crippen molar-refractivity contribution in [2.45, 2.75) is 39.3 Å². The number of nitrogens with one attached hydrogen (secondary N) is 2. The molecule has 202 valence electrons. The molecule has 0 aromatic rings. The summed E-state index contributed by atoms with van der Waals surface area (Å²) in [7, 11) is 0. The van der Waals surface area contributed by atoms with Crippen LogP contribution in [0.2, 0.25) is 0 Å². The standard InChI is InChI=1S/C26H40F2N4O4/c1-5-8-18-32(30-16-14-25(34)29-20-23(22(4)28)11-9-15-27)21-31(17-10-19-36-7-3)26(35)13-12-24(33)6-2/h5,9,11-16,25,29-30,34H,1,4,6-8,10,17-21H2,2-3H3/b13-12+,15-9+,16-14+,23-11-. The minimum atomic E-state index is -1.14. The molecule has 1 atom stereocenters. The number of amides is 1. The summed E-state index contributed by atoms with van der Waals surface area (Å²) in [5, 5.41) is 14.5. The Hall–Kier alpha value is -2.92. The van der Waals surface area contributed by atoms with Gasteiger partial charge in [0.05, 0.1) is 13.0 Å². The topological polar surface area (TPSA) is 94.1 Å². The third-order valence-electron chi connectivity index (χ3n) is 4.69. The van der Waals surface area contributed by atoms with E-state index in [0.29, 0.717) is 45.6 Å². The van der Waals surface area contributed by atoms with Gasteiger partial charge in [-0.15, -0.1) is 6.58 Å². The Balaban J connectivity index is 5.20. The van der Waals surface area contributed by atoms with Gasteiger partial charge in [-0.25, -0.2) is 13.8 Å². The van der Waals surface area contributed by atoms with Crippen molar-refractivity contribution < 1.29 is 28.2 Å². The van der Waals surface area contributed by atoms with Gasteiger partial charge in [0.2, 0.25) is 5.91 Å². The summed E-state index contributed by atoms with van der Waals surface area (Å²) in [4.78, 5) is 25.9. The first-order valence-electron chi connectivity index (χ1n) is 11.9. The van der Waals surface area contributed by atoms with Gasteiger partial charge < -0.3 is 20.2 Å². The summed E-state index contributed by atoms with van der Waals surface area (Å²) in [5.41, 5.74) is 3.11. The van der Waals surface area contributed by atoms with Gasteiger partial charge in [-0.2, -0.15) is 0 Å². The molecule has 0 aliphatic carbocycles. The molecule has 0 saturated carbocycles. The molecule has 0 saturated heterocycles. The summed E-state index contributed by atoms with van der Waals surface area (Å²) in [6, 6.07) is 0. The summed E-state index contributed by atoms with van der Waals surface area (Å²) < 4.78 is 30.9. The normalized spacial score (nSPS) is 13.1. The van der Waals surface area contributed by atoms with Gasteiger partial charge in [0.1, 0.15) is 12.1 Å². The summed E-state index contributed by atoms with van der Waals surface area (Å²) in [6.07, 6.45) is 10.1. The number of aliphatic hydroxyl groups excluding tert-OH is 1. The number of hydrogen-bond donors (Lipinski definition) is 3. The zero-order chi connectivity index (χ0) is 27.2. The molecule has 0 spiro atoms. The van der Waals surface area contributed by atoms with Crippen LogP contribution in [-0.4, -0.2) is 72.5 Å². The van der Waals surface area contributed by atoms with E-state index in [9.17, 15) is 23.5 Å². The number of ketones is 1. The zero-order valence-electron chi connectivity index (χ0n) is 21.3. The molecule has 0 bridgehead atoms. The first-order chi connectivity index (χ1) is 17.3. The lowest BCUT2D eigenvalue weighted by Crippen LogP contribution is -2.46. The highest BCUT2D eigenvalue weighted by Crippen LogP contribution is 2.08. The average molecular weight is 511 g/mol. The van der Waals surface area contributed by atoms with E-state index in [1.807, 2.05) is 6.92 Å². The van der Waals surface area contributed by atoms with Crippen LogP contribution in [0.1, 0.15) is 33.1 Å². The number of halogens is 2. The highest BCUT2D eigenvalue weighted by molar-refractivity contribution is 5.97. The van der Waals surface area contributed by atoms with Crippen molar-refractivity contribution in [2.75, 3.05) is 39.5 Å².